The van der Waals surface area contributed by atoms with Crippen LogP contribution < -0.4 is 10.6 Å². The Morgan fingerprint density at radius 1 is 1.42 bits per heavy atom. The number of aliphatic hydroxyl groups is 1. The second-order valence-electron chi connectivity index (χ2n) is 5.19. The van der Waals surface area contributed by atoms with Crippen molar-refractivity contribution in [2.45, 2.75) is 25.4 Å². The zero-order valence-electron chi connectivity index (χ0n) is 10.7. The van der Waals surface area contributed by atoms with Gasteiger partial charge in [-0.15, -0.1) is 0 Å². The molecule has 0 aliphatic carbocycles. The second kappa shape index (κ2) is 4.90. The molecule has 0 atom stereocenters. The number of nitrogens with two attached hydrogens (primary N) is 1. The van der Waals surface area contributed by atoms with Crippen LogP contribution in [0.15, 0.2) is 12.1 Å². The number of nitrogen functional groups attached to an aromatic ring is 1. The molecule has 0 bridgehead atoms. The van der Waals surface area contributed by atoms with Gasteiger partial charge >= 0.3 is 5.97 Å². The molecule has 0 unspecified atom stereocenters. The third-order valence-electron chi connectivity index (χ3n) is 3.47. The summed E-state index contributed by atoms with van der Waals surface area (Å²) in [6.45, 7) is 2.92. The molecule has 4 N–H and O–H groups in total. The van der Waals surface area contributed by atoms with Gasteiger partial charge in [0.25, 0.3) is 0 Å². The van der Waals surface area contributed by atoms with Crippen LogP contribution in [0.25, 0.3) is 0 Å². The molecule has 0 radical (unpaired) electrons. The lowest BCUT2D eigenvalue weighted by Crippen LogP contribution is -2.43. The van der Waals surface area contributed by atoms with Crippen LogP contribution in [-0.4, -0.2) is 34.9 Å². The molecule has 1 fully saturated rings. The fourth-order valence-electron chi connectivity index (χ4n) is 2.32. The molecule has 104 valence electrons. The first-order valence-corrected chi connectivity index (χ1v) is 6.47. The first kappa shape index (κ1) is 14.0. The number of halogens is 1. The average Bonchev–Trinajstić information content (AvgIpc) is 2.29. The lowest BCUT2D eigenvalue weighted by Gasteiger charge is -2.38. The molecule has 19 heavy (non-hydrogen) atoms. The maximum atomic E-state index is 11.3. The number of benzene rings is 1. The highest BCUT2D eigenvalue weighted by Crippen LogP contribution is 2.35. The summed E-state index contributed by atoms with van der Waals surface area (Å²) in [6.07, 6.45) is 1.15. The van der Waals surface area contributed by atoms with E-state index in [0.29, 0.717) is 42.3 Å². The van der Waals surface area contributed by atoms with E-state index in [1.165, 1.54) is 6.07 Å². The van der Waals surface area contributed by atoms with E-state index in [4.69, 9.17) is 17.3 Å². The molecule has 0 saturated carbocycles. The Balaban J connectivity index is 2.37. The fraction of sp³-hybridized carbons (Fsp3) is 0.462. The molecule has 1 aliphatic heterocycles. The van der Waals surface area contributed by atoms with Crippen LogP contribution in [0, 0.1) is 0 Å². The molecule has 1 aromatic rings. The Hall–Kier alpha value is -1.46. The molecule has 1 heterocycles. The zero-order chi connectivity index (χ0) is 14.2. The number of nitrogens with zero attached hydrogens (tertiary/aromatic N) is 1. The number of carboxylic acids is 1. The smallest absolute Gasteiger partial charge is 0.337 e. The SMILES string of the molecule is CC1(O)CCN(c2c(Cl)cc(N)cc2C(=O)O)CC1. The van der Waals surface area contributed by atoms with Gasteiger partial charge < -0.3 is 20.8 Å². The van der Waals surface area contributed by atoms with Gasteiger partial charge in [-0.1, -0.05) is 11.6 Å². The first-order valence-electron chi connectivity index (χ1n) is 6.10. The Bertz CT molecular complexity index is 507. The molecule has 2 rings (SSSR count). The van der Waals surface area contributed by atoms with Gasteiger partial charge in [0.2, 0.25) is 0 Å². The van der Waals surface area contributed by atoms with E-state index < -0.39 is 11.6 Å². The molecule has 0 amide bonds. The summed E-state index contributed by atoms with van der Waals surface area (Å²) in [4.78, 5) is 13.2. The van der Waals surface area contributed by atoms with Gasteiger partial charge in [-0.3, -0.25) is 0 Å². The monoisotopic (exact) mass is 284 g/mol. The zero-order valence-corrected chi connectivity index (χ0v) is 11.4. The van der Waals surface area contributed by atoms with Gasteiger partial charge in [-0.05, 0) is 31.9 Å². The lowest BCUT2D eigenvalue weighted by molar-refractivity contribution is 0.0351. The van der Waals surface area contributed by atoms with E-state index >= 15 is 0 Å². The summed E-state index contributed by atoms with van der Waals surface area (Å²) in [5.74, 6) is -1.05. The minimum absolute atomic E-state index is 0.103. The van der Waals surface area contributed by atoms with Crippen molar-refractivity contribution < 1.29 is 15.0 Å². The van der Waals surface area contributed by atoms with Crippen LogP contribution in [0.4, 0.5) is 11.4 Å². The molecule has 1 aromatic carbocycles. The molecule has 1 aliphatic rings. The summed E-state index contributed by atoms with van der Waals surface area (Å²) in [5.41, 5.74) is 5.86. The number of carboxylic acid groups (broad SMARTS) is 1. The predicted molar refractivity (Wildman–Crippen MR) is 74.9 cm³/mol. The van der Waals surface area contributed by atoms with Crippen LogP contribution in [-0.2, 0) is 0 Å². The number of aromatic carboxylic acids is 1. The summed E-state index contributed by atoms with van der Waals surface area (Å²) >= 11 is 6.14. The maximum absolute atomic E-state index is 11.3. The van der Waals surface area contributed by atoms with Gasteiger partial charge in [0.05, 0.1) is 21.9 Å². The standard InChI is InChI=1S/C13H17ClN2O3/c1-13(19)2-4-16(5-3-13)11-9(12(17)18)6-8(15)7-10(11)14/h6-7,19H,2-5,15H2,1H3,(H,17,18). The summed E-state index contributed by atoms with van der Waals surface area (Å²) < 4.78 is 0. The highest BCUT2D eigenvalue weighted by atomic mass is 35.5. The van der Waals surface area contributed by atoms with Crippen LogP contribution in [0.3, 0.4) is 0 Å². The molecule has 6 heteroatoms. The van der Waals surface area contributed by atoms with Gasteiger partial charge in [-0.2, -0.15) is 0 Å². The van der Waals surface area contributed by atoms with E-state index in [2.05, 4.69) is 0 Å². The van der Waals surface area contributed by atoms with Crippen LogP contribution in [0.5, 0.6) is 0 Å². The summed E-state index contributed by atoms with van der Waals surface area (Å²) in [6, 6.07) is 2.96. The van der Waals surface area contributed by atoms with E-state index in [1.54, 1.807) is 13.0 Å². The third-order valence-corrected chi connectivity index (χ3v) is 3.76. The fourth-order valence-corrected chi connectivity index (χ4v) is 2.66. The number of rotatable bonds is 2. The topological polar surface area (TPSA) is 86.8 Å². The highest BCUT2D eigenvalue weighted by molar-refractivity contribution is 6.34. The van der Waals surface area contributed by atoms with Crippen molar-refractivity contribution in [1.82, 2.24) is 0 Å². The molecule has 5 nitrogen and oxygen atoms in total. The van der Waals surface area contributed by atoms with Crippen LogP contribution >= 0.6 is 11.6 Å². The van der Waals surface area contributed by atoms with Gasteiger partial charge in [0, 0.05) is 18.8 Å². The minimum Gasteiger partial charge on any atom is -0.478 e. The largest absolute Gasteiger partial charge is 0.478 e. The summed E-state index contributed by atoms with van der Waals surface area (Å²) in [7, 11) is 0. The van der Waals surface area contributed by atoms with Crippen molar-refractivity contribution in [3.8, 4) is 0 Å². The van der Waals surface area contributed by atoms with Crippen molar-refractivity contribution in [3.05, 3.63) is 22.7 Å². The lowest BCUT2D eigenvalue weighted by atomic mass is 9.93. The van der Waals surface area contributed by atoms with Crippen molar-refractivity contribution in [3.63, 3.8) is 0 Å². The predicted octanol–water partition coefficient (Wildman–Crippen LogP) is 1.97. The van der Waals surface area contributed by atoms with E-state index in [-0.39, 0.29) is 5.56 Å². The van der Waals surface area contributed by atoms with Crippen molar-refractivity contribution in [2.75, 3.05) is 23.7 Å². The van der Waals surface area contributed by atoms with Gasteiger partial charge in [-0.25, -0.2) is 4.79 Å². The highest BCUT2D eigenvalue weighted by Gasteiger charge is 2.30. The summed E-state index contributed by atoms with van der Waals surface area (Å²) in [5, 5.41) is 19.5. The van der Waals surface area contributed by atoms with Crippen LogP contribution in [0.1, 0.15) is 30.1 Å². The molecular formula is C13H17ClN2O3. The molecule has 0 aromatic heterocycles. The maximum Gasteiger partial charge on any atom is 0.337 e. The van der Waals surface area contributed by atoms with Crippen molar-refractivity contribution >= 4 is 28.9 Å². The normalized spacial score (nSPS) is 18.4. The molecule has 0 spiro atoms. The first-order chi connectivity index (χ1) is 8.80. The van der Waals surface area contributed by atoms with Crippen molar-refractivity contribution in [2.24, 2.45) is 0 Å². The number of carbonyl (C=O) groups is 1. The number of hydrogen-bond acceptors (Lipinski definition) is 4. The average molecular weight is 285 g/mol. The minimum atomic E-state index is -1.05. The van der Waals surface area contributed by atoms with Gasteiger partial charge in [0.15, 0.2) is 0 Å². The third kappa shape index (κ3) is 2.93. The van der Waals surface area contributed by atoms with Crippen LogP contribution in [0.2, 0.25) is 5.02 Å². The Morgan fingerprint density at radius 3 is 2.53 bits per heavy atom. The van der Waals surface area contributed by atoms with E-state index in [1.807, 2.05) is 4.90 Å². The number of anilines is 2. The quantitative estimate of drug-likeness (QED) is 0.723. The molecule has 1 saturated heterocycles. The van der Waals surface area contributed by atoms with Crippen molar-refractivity contribution in [1.29, 1.82) is 0 Å². The van der Waals surface area contributed by atoms with E-state index in [0.717, 1.165) is 0 Å². The Kier molecular flexibility index (Phi) is 3.60. The Morgan fingerprint density at radius 2 is 2.00 bits per heavy atom. The Labute approximate surface area is 116 Å². The van der Waals surface area contributed by atoms with E-state index in [9.17, 15) is 15.0 Å². The molecular weight excluding hydrogens is 268 g/mol. The number of piperidine rings is 1. The second-order valence-corrected chi connectivity index (χ2v) is 5.60. The number of hydrogen-bond donors (Lipinski definition) is 3. The van der Waals surface area contributed by atoms with Gasteiger partial charge in [0.1, 0.15) is 0 Å².